The number of nitrogens with one attached hydrogen (secondary N) is 1. The maximum atomic E-state index is 9.47. The molecule has 3 nitrogen and oxygen atoms in total. The Morgan fingerprint density at radius 1 is 1.30 bits per heavy atom. The Balaban J connectivity index is 1.49. The highest BCUT2D eigenvalue weighted by atomic mass is 32.1. The quantitative estimate of drug-likeness (QED) is 0.892. The molecule has 1 aromatic heterocycles. The molecule has 0 bridgehead atoms. The molecule has 3 heterocycles. The summed E-state index contributed by atoms with van der Waals surface area (Å²) in [5.41, 5.74) is 0. The van der Waals surface area contributed by atoms with Crippen molar-refractivity contribution in [2.75, 3.05) is 32.8 Å². The van der Waals surface area contributed by atoms with E-state index in [1.165, 1.54) is 35.7 Å². The first-order valence-corrected chi connectivity index (χ1v) is 8.67. The van der Waals surface area contributed by atoms with Gasteiger partial charge in [-0.2, -0.15) is 0 Å². The summed E-state index contributed by atoms with van der Waals surface area (Å²) in [6.07, 6.45) is 2.60. The van der Waals surface area contributed by atoms with Gasteiger partial charge in [0.25, 0.3) is 0 Å². The lowest BCUT2D eigenvalue weighted by Crippen LogP contribution is -2.37. The number of aliphatic hydroxyl groups excluding tert-OH is 1. The van der Waals surface area contributed by atoms with Crippen LogP contribution in [0.2, 0.25) is 0 Å². The molecule has 0 aromatic carbocycles. The Kier molecular flexibility index (Phi) is 4.76. The van der Waals surface area contributed by atoms with E-state index in [0.717, 1.165) is 25.6 Å². The van der Waals surface area contributed by atoms with E-state index in [4.69, 9.17) is 0 Å². The second kappa shape index (κ2) is 6.56. The van der Waals surface area contributed by atoms with Gasteiger partial charge in [0, 0.05) is 29.5 Å². The van der Waals surface area contributed by atoms with Crippen LogP contribution in [-0.2, 0) is 6.54 Å². The Bertz CT molecular complexity index is 426. The van der Waals surface area contributed by atoms with Crippen molar-refractivity contribution >= 4 is 11.3 Å². The third-order valence-electron chi connectivity index (χ3n) is 5.04. The van der Waals surface area contributed by atoms with Crippen molar-refractivity contribution in [3.8, 4) is 0 Å². The lowest BCUT2D eigenvalue weighted by atomic mass is 9.79. The number of aryl methyl sites for hydroxylation is 1. The minimum Gasteiger partial charge on any atom is -0.396 e. The molecule has 0 spiro atoms. The fraction of sp³-hybridized carbons (Fsp3) is 0.750. The van der Waals surface area contributed by atoms with Gasteiger partial charge in [-0.25, -0.2) is 0 Å². The number of hydrogen-bond donors (Lipinski definition) is 2. The third kappa shape index (κ3) is 3.25. The number of likely N-dealkylation sites (tertiary alicyclic amines) is 1. The van der Waals surface area contributed by atoms with Gasteiger partial charge in [-0.05, 0) is 69.3 Å². The van der Waals surface area contributed by atoms with Gasteiger partial charge in [0.15, 0.2) is 0 Å². The Labute approximate surface area is 126 Å². The predicted molar refractivity (Wildman–Crippen MR) is 84.0 cm³/mol. The minimum absolute atomic E-state index is 0.354. The van der Waals surface area contributed by atoms with Crippen LogP contribution in [0, 0.1) is 24.7 Å². The normalized spacial score (nSPS) is 29.1. The molecule has 2 aliphatic heterocycles. The molecular weight excluding hydrogens is 268 g/mol. The third-order valence-corrected chi connectivity index (χ3v) is 6.03. The van der Waals surface area contributed by atoms with E-state index >= 15 is 0 Å². The molecular formula is C16H26N2OS. The van der Waals surface area contributed by atoms with Crippen molar-refractivity contribution in [1.82, 2.24) is 10.2 Å². The molecule has 2 atom stereocenters. The molecule has 2 N–H and O–H groups in total. The van der Waals surface area contributed by atoms with Crippen LogP contribution in [-0.4, -0.2) is 42.8 Å². The van der Waals surface area contributed by atoms with E-state index in [1.807, 2.05) is 11.3 Å². The van der Waals surface area contributed by atoms with Crippen molar-refractivity contribution in [2.24, 2.45) is 17.8 Å². The average molecular weight is 294 g/mol. The molecule has 0 amide bonds. The van der Waals surface area contributed by atoms with Gasteiger partial charge in [-0.3, -0.25) is 4.90 Å². The van der Waals surface area contributed by atoms with Crippen LogP contribution in [0.15, 0.2) is 12.1 Å². The highest BCUT2D eigenvalue weighted by Crippen LogP contribution is 2.33. The first-order valence-electron chi connectivity index (χ1n) is 7.85. The predicted octanol–water partition coefficient (Wildman–Crippen LogP) is 2.10. The van der Waals surface area contributed by atoms with Crippen LogP contribution in [0.25, 0.3) is 0 Å². The zero-order valence-electron chi connectivity index (χ0n) is 12.3. The summed E-state index contributed by atoms with van der Waals surface area (Å²) < 4.78 is 0. The summed E-state index contributed by atoms with van der Waals surface area (Å²) in [6.45, 7) is 8.22. The fourth-order valence-corrected chi connectivity index (χ4v) is 4.77. The largest absolute Gasteiger partial charge is 0.396 e. The average Bonchev–Trinajstić information content (AvgIpc) is 3.08. The zero-order valence-corrected chi connectivity index (χ0v) is 13.2. The fourth-order valence-electron chi connectivity index (χ4n) is 3.83. The summed E-state index contributed by atoms with van der Waals surface area (Å²) in [5, 5.41) is 12.9. The minimum atomic E-state index is 0.354. The highest BCUT2D eigenvalue weighted by molar-refractivity contribution is 7.11. The van der Waals surface area contributed by atoms with E-state index in [0.29, 0.717) is 18.4 Å². The molecule has 112 valence electrons. The smallest absolute Gasteiger partial charge is 0.0474 e. The molecule has 2 aliphatic rings. The highest BCUT2D eigenvalue weighted by Gasteiger charge is 2.34. The molecule has 0 unspecified atom stereocenters. The summed E-state index contributed by atoms with van der Waals surface area (Å²) in [7, 11) is 0. The first-order chi connectivity index (χ1) is 9.76. The molecule has 4 heteroatoms. The van der Waals surface area contributed by atoms with E-state index in [-0.39, 0.29) is 0 Å². The number of hydrogen-bond acceptors (Lipinski definition) is 4. The van der Waals surface area contributed by atoms with Crippen molar-refractivity contribution in [1.29, 1.82) is 0 Å². The summed E-state index contributed by atoms with van der Waals surface area (Å²) in [5.74, 6) is 2.00. The lowest BCUT2D eigenvalue weighted by Gasteiger charge is -2.36. The maximum absolute atomic E-state index is 9.47. The Hall–Kier alpha value is -0.420. The summed E-state index contributed by atoms with van der Waals surface area (Å²) >= 11 is 1.93. The molecule has 3 rings (SSSR count). The van der Waals surface area contributed by atoms with Gasteiger partial charge in [0.05, 0.1) is 0 Å². The van der Waals surface area contributed by atoms with Crippen LogP contribution >= 0.6 is 11.3 Å². The van der Waals surface area contributed by atoms with Gasteiger partial charge < -0.3 is 10.4 Å². The van der Waals surface area contributed by atoms with E-state index in [9.17, 15) is 5.11 Å². The molecule has 0 radical (unpaired) electrons. The van der Waals surface area contributed by atoms with Crippen LogP contribution in [0.3, 0.4) is 0 Å². The van der Waals surface area contributed by atoms with Crippen molar-refractivity contribution in [3.05, 3.63) is 21.9 Å². The van der Waals surface area contributed by atoms with Gasteiger partial charge in [-0.1, -0.05) is 0 Å². The van der Waals surface area contributed by atoms with Crippen molar-refractivity contribution in [2.45, 2.75) is 26.3 Å². The molecule has 2 fully saturated rings. The molecule has 20 heavy (non-hydrogen) atoms. The van der Waals surface area contributed by atoms with Crippen molar-refractivity contribution in [3.63, 3.8) is 0 Å². The topological polar surface area (TPSA) is 35.5 Å². The van der Waals surface area contributed by atoms with Gasteiger partial charge in [-0.15, -0.1) is 11.3 Å². The number of nitrogens with zero attached hydrogens (tertiary/aromatic N) is 1. The summed E-state index contributed by atoms with van der Waals surface area (Å²) in [6, 6.07) is 4.50. The monoisotopic (exact) mass is 294 g/mol. The second-order valence-electron chi connectivity index (χ2n) is 6.39. The number of rotatable bonds is 4. The number of aliphatic hydroxyl groups is 1. The molecule has 0 aliphatic carbocycles. The first kappa shape index (κ1) is 14.5. The second-order valence-corrected chi connectivity index (χ2v) is 7.76. The van der Waals surface area contributed by atoms with Gasteiger partial charge >= 0.3 is 0 Å². The van der Waals surface area contributed by atoms with E-state index < -0.39 is 0 Å². The summed E-state index contributed by atoms with van der Waals surface area (Å²) in [4.78, 5) is 5.51. The molecule has 1 aromatic rings. The van der Waals surface area contributed by atoms with Gasteiger partial charge in [0.2, 0.25) is 0 Å². The lowest BCUT2D eigenvalue weighted by molar-refractivity contribution is 0.108. The van der Waals surface area contributed by atoms with Crippen LogP contribution in [0.5, 0.6) is 0 Å². The molecule has 0 saturated carbocycles. The van der Waals surface area contributed by atoms with E-state index in [2.05, 4.69) is 29.3 Å². The Morgan fingerprint density at radius 3 is 2.75 bits per heavy atom. The zero-order chi connectivity index (χ0) is 13.9. The number of thiophene rings is 1. The van der Waals surface area contributed by atoms with Crippen LogP contribution in [0.1, 0.15) is 22.6 Å². The van der Waals surface area contributed by atoms with Crippen LogP contribution in [0.4, 0.5) is 0 Å². The van der Waals surface area contributed by atoms with Crippen LogP contribution < -0.4 is 5.32 Å². The Morgan fingerprint density at radius 2 is 2.10 bits per heavy atom. The number of piperidine rings is 1. The standard InChI is InChI=1S/C16H26N2OS/c1-12-2-3-15(20-12)10-18-6-4-13(5-7-18)16-9-17-8-14(16)11-19/h2-3,13-14,16-17,19H,4-11H2,1H3/t14-,16-/m0/s1. The molecule has 2 saturated heterocycles. The van der Waals surface area contributed by atoms with Crippen molar-refractivity contribution < 1.29 is 5.11 Å². The maximum Gasteiger partial charge on any atom is 0.0474 e. The SMILES string of the molecule is Cc1ccc(CN2CCC([C@@H]3CNC[C@H]3CO)CC2)s1. The van der Waals surface area contributed by atoms with E-state index in [1.54, 1.807) is 0 Å². The van der Waals surface area contributed by atoms with Gasteiger partial charge in [0.1, 0.15) is 0 Å².